The summed E-state index contributed by atoms with van der Waals surface area (Å²) in [4.78, 5) is 26.1. The van der Waals surface area contributed by atoms with E-state index in [1.807, 2.05) is 0 Å². The smallest absolute Gasteiger partial charge is 0.451 e. The minimum Gasteiger partial charge on any atom is -0.455 e. The lowest BCUT2D eigenvalue weighted by molar-refractivity contribution is -0.152. The Bertz CT molecular complexity index is 571. The molecule has 2 aliphatic heterocycles. The standard InChI is InChI=1S/C12H11F3N2O3/c1-6-5-8(9(20-6)12(13,14)15)17-10(18)7-3-2-4-16(7)11(17)19/h5,7H,2-4H2,1H3. The Morgan fingerprint density at radius 2 is 2.05 bits per heavy atom. The van der Waals surface area contributed by atoms with Crippen LogP contribution >= 0.6 is 0 Å². The lowest BCUT2D eigenvalue weighted by atomic mass is 10.2. The topological polar surface area (TPSA) is 53.8 Å². The number of urea groups is 1. The van der Waals surface area contributed by atoms with E-state index in [2.05, 4.69) is 4.42 Å². The molecule has 2 fully saturated rings. The number of carbonyl (C=O) groups is 2. The Kier molecular flexibility index (Phi) is 2.60. The second-order valence-corrected chi connectivity index (χ2v) is 4.88. The van der Waals surface area contributed by atoms with Gasteiger partial charge in [0, 0.05) is 12.6 Å². The fraction of sp³-hybridized carbons (Fsp3) is 0.500. The average Bonchev–Trinajstić information content (AvgIpc) is 2.98. The first-order chi connectivity index (χ1) is 9.30. The van der Waals surface area contributed by atoms with Crippen molar-refractivity contribution in [2.24, 2.45) is 0 Å². The van der Waals surface area contributed by atoms with Gasteiger partial charge in [-0.1, -0.05) is 0 Å². The van der Waals surface area contributed by atoms with Crippen molar-refractivity contribution in [3.8, 4) is 0 Å². The van der Waals surface area contributed by atoms with Gasteiger partial charge in [0.25, 0.3) is 5.91 Å². The predicted octanol–water partition coefficient (Wildman–Crippen LogP) is 2.54. The van der Waals surface area contributed by atoms with Crippen LogP contribution in [0.25, 0.3) is 0 Å². The summed E-state index contributed by atoms with van der Waals surface area (Å²) in [6.07, 6.45) is -3.58. The van der Waals surface area contributed by atoms with Crippen molar-refractivity contribution in [3.63, 3.8) is 0 Å². The molecule has 1 atom stereocenters. The van der Waals surface area contributed by atoms with Gasteiger partial charge in [0.1, 0.15) is 17.5 Å². The van der Waals surface area contributed by atoms with E-state index < -0.39 is 35.6 Å². The number of carbonyl (C=O) groups excluding carboxylic acids is 2. The van der Waals surface area contributed by atoms with Crippen molar-refractivity contribution in [1.82, 2.24) is 4.90 Å². The van der Waals surface area contributed by atoms with E-state index in [0.29, 0.717) is 24.3 Å². The SMILES string of the molecule is Cc1cc(N2C(=O)C3CCCN3C2=O)c(C(F)(F)F)o1. The number of hydrogen-bond donors (Lipinski definition) is 0. The van der Waals surface area contributed by atoms with E-state index in [0.717, 1.165) is 6.07 Å². The number of rotatable bonds is 1. The monoisotopic (exact) mass is 288 g/mol. The maximum atomic E-state index is 12.9. The molecule has 0 aromatic carbocycles. The van der Waals surface area contributed by atoms with Crippen LogP contribution in [-0.2, 0) is 11.0 Å². The molecular weight excluding hydrogens is 277 g/mol. The summed E-state index contributed by atoms with van der Waals surface area (Å²) in [6.45, 7) is 1.73. The molecule has 1 aromatic heterocycles. The fourth-order valence-electron chi connectivity index (χ4n) is 2.72. The lowest BCUT2D eigenvalue weighted by Crippen LogP contribution is -2.34. The summed E-state index contributed by atoms with van der Waals surface area (Å²) in [5.74, 6) is -1.92. The third-order valence-corrected chi connectivity index (χ3v) is 3.53. The maximum Gasteiger partial charge on any atom is 0.451 e. The number of alkyl halides is 3. The quantitative estimate of drug-likeness (QED) is 0.746. The van der Waals surface area contributed by atoms with Crippen molar-refractivity contribution >= 4 is 17.6 Å². The van der Waals surface area contributed by atoms with Crippen LogP contribution in [0.4, 0.5) is 23.7 Å². The molecule has 0 radical (unpaired) electrons. The molecule has 0 aliphatic carbocycles. The highest BCUT2D eigenvalue weighted by molar-refractivity contribution is 6.21. The van der Waals surface area contributed by atoms with E-state index in [4.69, 9.17) is 0 Å². The second-order valence-electron chi connectivity index (χ2n) is 4.88. The molecule has 3 heterocycles. The summed E-state index contributed by atoms with van der Waals surface area (Å²) < 4.78 is 43.3. The van der Waals surface area contributed by atoms with Crippen LogP contribution in [0.1, 0.15) is 24.4 Å². The number of hydrogen-bond acceptors (Lipinski definition) is 3. The summed E-state index contributed by atoms with van der Waals surface area (Å²) >= 11 is 0. The van der Waals surface area contributed by atoms with E-state index in [9.17, 15) is 22.8 Å². The summed E-state index contributed by atoms with van der Waals surface area (Å²) in [5, 5.41) is 0. The van der Waals surface area contributed by atoms with Gasteiger partial charge in [0.05, 0.1) is 0 Å². The van der Waals surface area contributed by atoms with Crippen molar-refractivity contribution < 1.29 is 27.2 Å². The predicted molar refractivity (Wildman–Crippen MR) is 61.1 cm³/mol. The zero-order valence-electron chi connectivity index (χ0n) is 10.5. The van der Waals surface area contributed by atoms with Crippen molar-refractivity contribution in [1.29, 1.82) is 0 Å². The number of aryl methyl sites for hydroxylation is 1. The van der Waals surface area contributed by atoms with E-state index in [1.54, 1.807) is 0 Å². The molecular formula is C12H11F3N2O3. The molecule has 0 spiro atoms. The molecule has 2 saturated heterocycles. The highest BCUT2D eigenvalue weighted by atomic mass is 19.4. The summed E-state index contributed by atoms with van der Waals surface area (Å²) in [6, 6.07) is -0.275. The van der Waals surface area contributed by atoms with E-state index >= 15 is 0 Å². The van der Waals surface area contributed by atoms with Crippen molar-refractivity contribution in [2.75, 3.05) is 11.4 Å². The molecule has 108 valence electrons. The molecule has 3 rings (SSSR count). The number of amides is 3. The molecule has 0 bridgehead atoms. The largest absolute Gasteiger partial charge is 0.455 e. The van der Waals surface area contributed by atoms with Gasteiger partial charge in [-0.15, -0.1) is 0 Å². The van der Waals surface area contributed by atoms with Crippen molar-refractivity contribution in [3.05, 3.63) is 17.6 Å². The Labute approximate surface area is 111 Å². The Hall–Kier alpha value is -1.99. The Morgan fingerprint density at radius 3 is 2.65 bits per heavy atom. The van der Waals surface area contributed by atoms with Gasteiger partial charge in [-0.2, -0.15) is 13.2 Å². The lowest BCUT2D eigenvalue weighted by Gasteiger charge is -2.15. The van der Waals surface area contributed by atoms with Gasteiger partial charge in [-0.05, 0) is 19.8 Å². The second kappa shape index (κ2) is 4.00. The van der Waals surface area contributed by atoms with Crippen LogP contribution in [0.2, 0.25) is 0 Å². The average molecular weight is 288 g/mol. The first-order valence-electron chi connectivity index (χ1n) is 6.13. The van der Waals surface area contributed by atoms with E-state index in [-0.39, 0.29) is 5.76 Å². The number of furan rings is 1. The molecule has 0 saturated carbocycles. The number of imide groups is 1. The van der Waals surface area contributed by atoms with Crippen LogP contribution in [0.3, 0.4) is 0 Å². The number of fused-ring (bicyclic) bond motifs is 1. The Balaban J connectivity index is 2.06. The van der Waals surface area contributed by atoms with Gasteiger partial charge in [0.15, 0.2) is 0 Å². The normalized spacial score (nSPS) is 22.9. The molecule has 2 aliphatic rings. The van der Waals surface area contributed by atoms with Gasteiger partial charge < -0.3 is 9.32 Å². The van der Waals surface area contributed by atoms with E-state index in [1.165, 1.54) is 11.8 Å². The van der Waals surface area contributed by atoms with Crippen LogP contribution in [0, 0.1) is 6.92 Å². The summed E-state index contributed by atoms with van der Waals surface area (Å²) in [7, 11) is 0. The molecule has 20 heavy (non-hydrogen) atoms. The maximum absolute atomic E-state index is 12.9. The molecule has 1 unspecified atom stereocenters. The first kappa shape index (κ1) is 13.0. The van der Waals surface area contributed by atoms with Gasteiger partial charge >= 0.3 is 12.2 Å². The minimum absolute atomic E-state index is 0.0000144. The zero-order valence-corrected chi connectivity index (χ0v) is 10.5. The molecule has 3 amide bonds. The van der Waals surface area contributed by atoms with Crippen molar-refractivity contribution in [2.45, 2.75) is 32.0 Å². The summed E-state index contributed by atoms with van der Waals surface area (Å²) in [5.41, 5.74) is -0.514. The third kappa shape index (κ3) is 1.70. The minimum atomic E-state index is -4.75. The van der Waals surface area contributed by atoms with Crippen LogP contribution in [-0.4, -0.2) is 29.4 Å². The zero-order chi connectivity index (χ0) is 14.7. The highest BCUT2D eigenvalue weighted by Crippen LogP contribution is 2.41. The van der Waals surface area contributed by atoms with Crippen LogP contribution in [0.5, 0.6) is 0 Å². The van der Waals surface area contributed by atoms with Gasteiger partial charge in [-0.3, -0.25) is 4.79 Å². The Morgan fingerprint density at radius 1 is 1.35 bits per heavy atom. The fourth-order valence-corrected chi connectivity index (χ4v) is 2.72. The van der Waals surface area contributed by atoms with Gasteiger partial charge in [-0.25, -0.2) is 9.69 Å². The number of nitrogens with zero attached hydrogens (tertiary/aromatic N) is 2. The van der Waals surface area contributed by atoms with Crippen LogP contribution < -0.4 is 4.90 Å². The third-order valence-electron chi connectivity index (χ3n) is 3.53. The molecule has 5 nitrogen and oxygen atoms in total. The molecule has 1 aromatic rings. The van der Waals surface area contributed by atoms with Gasteiger partial charge in [0.2, 0.25) is 5.76 Å². The molecule has 0 N–H and O–H groups in total. The number of anilines is 1. The molecule has 8 heteroatoms. The number of halogens is 3. The van der Waals surface area contributed by atoms with Crippen LogP contribution in [0.15, 0.2) is 10.5 Å². The highest BCUT2D eigenvalue weighted by Gasteiger charge is 2.51. The first-order valence-corrected chi connectivity index (χ1v) is 6.13.